The Bertz CT molecular complexity index is 1030. The van der Waals surface area contributed by atoms with Gasteiger partial charge in [0.1, 0.15) is 11.3 Å². The summed E-state index contributed by atoms with van der Waals surface area (Å²) in [5.41, 5.74) is 7.05. The molecule has 1 heterocycles. The number of nitrogens with one attached hydrogen (secondary N) is 1. The minimum atomic E-state index is -0.378. The summed E-state index contributed by atoms with van der Waals surface area (Å²) in [6, 6.07) is 11.4. The molecule has 0 aliphatic rings. The zero-order valence-corrected chi connectivity index (χ0v) is 14.7. The molecule has 128 valence electrons. The molecule has 2 aromatic carbocycles. The Morgan fingerprint density at radius 1 is 1.08 bits per heavy atom. The molecule has 0 spiro atoms. The number of para-hydroxylation sites is 1. The van der Waals surface area contributed by atoms with Gasteiger partial charge in [-0.3, -0.25) is 5.43 Å². The van der Waals surface area contributed by atoms with E-state index in [0.717, 1.165) is 16.6 Å². The SMILES string of the molecule is C/C(=N\Nc1ccccc1)c1cc2c(C)c(C)c(=O)oc2c(C)c1O. The second-order valence-corrected chi connectivity index (χ2v) is 6.09. The maximum Gasteiger partial charge on any atom is 0.339 e. The summed E-state index contributed by atoms with van der Waals surface area (Å²) in [7, 11) is 0. The first-order valence-electron chi connectivity index (χ1n) is 8.02. The third-order valence-corrected chi connectivity index (χ3v) is 4.47. The highest BCUT2D eigenvalue weighted by Crippen LogP contribution is 2.32. The minimum absolute atomic E-state index is 0.0648. The topological polar surface area (TPSA) is 74.8 Å². The van der Waals surface area contributed by atoms with Crippen molar-refractivity contribution in [3.8, 4) is 5.75 Å². The molecule has 0 atom stereocenters. The molecule has 0 aliphatic heterocycles. The molecule has 25 heavy (non-hydrogen) atoms. The molecule has 0 saturated carbocycles. The van der Waals surface area contributed by atoms with E-state index in [1.54, 1.807) is 13.8 Å². The van der Waals surface area contributed by atoms with Crippen molar-refractivity contribution in [1.82, 2.24) is 0 Å². The van der Waals surface area contributed by atoms with Crippen molar-refractivity contribution in [2.24, 2.45) is 5.10 Å². The first kappa shape index (κ1) is 16.8. The summed E-state index contributed by atoms with van der Waals surface area (Å²) in [5, 5.41) is 15.7. The van der Waals surface area contributed by atoms with E-state index in [-0.39, 0.29) is 11.4 Å². The fraction of sp³-hybridized carbons (Fsp3) is 0.200. The van der Waals surface area contributed by atoms with Crippen LogP contribution in [-0.2, 0) is 0 Å². The van der Waals surface area contributed by atoms with Gasteiger partial charge in [-0.05, 0) is 51.5 Å². The largest absolute Gasteiger partial charge is 0.507 e. The Labute approximate surface area is 145 Å². The van der Waals surface area contributed by atoms with Crippen LogP contribution in [0.4, 0.5) is 5.69 Å². The molecule has 0 bridgehead atoms. The summed E-state index contributed by atoms with van der Waals surface area (Å²) >= 11 is 0. The van der Waals surface area contributed by atoms with Gasteiger partial charge in [0, 0.05) is 22.1 Å². The lowest BCUT2D eigenvalue weighted by Crippen LogP contribution is -2.08. The summed E-state index contributed by atoms with van der Waals surface area (Å²) in [5.74, 6) is 0.0648. The van der Waals surface area contributed by atoms with Crippen molar-refractivity contribution in [2.75, 3.05) is 5.43 Å². The maximum absolute atomic E-state index is 11.9. The van der Waals surface area contributed by atoms with Crippen LogP contribution in [0.5, 0.6) is 5.75 Å². The Kier molecular flexibility index (Phi) is 4.31. The van der Waals surface area contributed by atoms with E-state index in [9.17, 15) is 9.90 Å². The highest BCUT2D eigenvalue weighted by atomic mass is 16.4. The standard InChI is InChI=1S/C20H20N2O3/c1-11-12(2)20(24)25-19-13(3)18(23)17(10-16(11)19)14(4)21-22-15-8-6-5-7-9-15/h5-10,22-23H,1-4H3/b21-14+. The number of anilines is 1. The fourth-order valence-corrected chi connectivity index (χ4v) is 2.72. The number of fused-ring (bicyclic) bond motifs is 1. The van der Waals surface area contributed by atoms with E-state index in [0.29, 0.717) is 28.0 Å². The molecule has 0 saturated heterocycles. The van der Waals surface area contributed by atoms with E-state index < -0.39 is 0 Å². The lowest BCUT2D eigenvalue weighted by Gasteiger charge is -2.12. The van der Waals surface area contributed by atoms with Crippen LogP contribution in [0.25, 0.3) is 11.0 Å². The van der Waals surface area contributed by atoms with Crippen LogP contribution in [0, 0.1) is 20.8 Å². The molecule has 5 heteroatoms. The molecule has 1 aromatic heterocycles. The summed E-state index contributed by atoms with van der Waals surface area (Å²) in [6.45, 7) is 7.16. The number of nitrogens with zero attached hydrogens (tertiary/aromatic N) is 1. The van der Waals surface area contributed by atoms with Gasteiger partial charge in [-0.1, -0.05) is 18.2 Å². The maximum atomic E-state index is 11.9. The van der Waals surface area contributed by atoms with E-state index >= 15 is 0 Å². The van der Waals surface area contributed by atoms with Gasteiger partial charge in [-0.2, -0.15) is 5.10 Å². The van der Waals surface area contributed by atoms with E-state index in [1.165, 1.54) is 0 Å². The van der Waals surface area contributed by atoms with Gasteiger partial charge in [0.25, 0.3) is 0 Å². The molecular formula is C20H20N2O3. The van der Waals surface area contributed by atoms with E-state index in [4.69, 9.17) is 4.42 Å². The molecule has 2 N–H and O–H groups in total. The second kappa shape index (κ2) is 6.43. The number of aryl methyl sites for hydroxylation is 2. The summed E-state index contributed by atoms with van der Waals surface area (Å²) in [6.07, 6.45) is 0. The number of hydrogen-bond donors (Lipinski definition) is 2. The first-order chi connectivity index (χ1) is 11.9. The van der Waals surface area contributed by atoms with Crippen molar-refractivity contribution in [1.29, 1.82) is 0 Å². The van der Waals surface area contributed by atoms with Gasteiger partial charge in [0.15, 0.2) is 0 Å². The van der Waals surface area contributed by atoms with Crippen LogP contribution in [0.1, 0.15) is 29.2 Å². The molecule has 0 radical (unpaired) electrons. The average molecular weight is 336 g/mol. The van der Waals surface area contributed by atoms with Crippen molar-refractivity contribution >= 4 is 22.4 Å². The van der Waals surface area contributed by atoms with Crippen molar-refractivity contribution in [2.45, 2.75) is 27.7 Å². The van der Waals surface area contributed by atoms with Crippen LogP contribution in [-0.4, -0.2) is 10.8 Å². The molecule has 0 amide bonds. The van der Waals surface area contributed by atoms with Crippen LogP contribution < -0.4 is 11.1 Å². The average Bonchev–Trinajstić information content (AvgIpc) is 2.62. The number of benzene rings is 2. The Hall–Kier alpha value is -3.08. The lowest BCUT2D eigenvalue weighted by molar-refractivity contribution is 0.467. The number of hydrogen-bond acceptors (Lipinski definition) is 5. The summed E-state index contributed by atoms with van der Waals surface area (Å²) < 4.78 is 5.38. The summed E-state index contributed by atoms with van der Waals surface area (Å²) in [4.78, 5) is 11.9. The molecule has 0 unspecified atom stereocenters. The minimum Gasteiger partial charge on any atom is -0.507 e. The Morgan fingerprint density at radius 2 is 1.76 bits per heavy atom. The number of phenols is 1. The van der Waals surface area contributed by atoms with Crippen LogP contribution in [0.15, 0.2) is 50.7 Å². The lowest BCUT2D eigenvalue weighted by atomic mass is 9.98. The van der Waals surface area contributed by atoms with Gasteiger partial charge >= 0.3 is 5.63 Å². The van der Waals surface area contributed by atoms with E-state index in [1.807, 2.05) is 50.2 Å². The fourth-order valence-electron chi connectivity index (χ4n) is 2.72. The van der Waals surface area contributed by atoms with Crippen LogP contribution >= 0.6 is 0 Å². The third kappa shape index (κ3) is 3.01. The quantitative estimate of drug-likeness (QED) is 0.426. The Balaban J connectivity index is 2.13. The number of phenolic OH excluding ortho intramolecular Hbond substituents is 1. The molecule has 5 nitrogen and oxygen atoms in total. The number of aromatic hydroxyl groups is 1. The zero-order valence-electron chi connectivity index (χ0n) is 14.7. The van der Waals surface area contributed by atoms with Crippen LogP contribution in [0.2, 0.25) is 0 Å². The van der Waals surface area contributed by atoms with Gasteiger partial charge in [0.2, 0.25) is 0 Å². The first-order valence-corrected chi connectivity index (χ1v) is 8.02. The third-order valence-electron chi connectivity index (χ3n) is 4.47. The smallest absolute Gasteiger partial charge is 0.339 e. The molecular weight excluding hydrogens is 316 g/mol. The number of hydrazone groups is 1. The predicted octanol–water partition coefficient (Wildman–Crippen LogP) is 4.26. The van der Waals surface area contributed by atoms with Gasteiger partial charge in [0.05, 0.1) is 11.4 Å². The van der Waals surface area contributed by atoms with Gasteiger partial charge in [-0.25, -0.2) is 4.79 Å². The molecule has 3 aromatic rings. The highest BCUT2D eigenvalue weighted by molar-refractivity contribution is 6.05. The number of rotatable bonds is 3. The van der Waals surface area contributed by atoms with Crippen molar-refractivity contribution in [3.05, 3.63) is 69.1 Å². The van der Waals surface area contributed by atoms with Crippen molar-refractivity contribution in [3.63, 3.8) is 0 Å². The second-order valence-electron chi connectivity index (χ2n) is 6.09. The zero-order chi connectivity index (χ0) is 18.1. The monoisotopic (exact) mass is 336 g/mol. The van der Waals surface area contributed by atoms with Crippen molar-refractivity contribution < 1.29 is 9.52 Å². The highest BCUT2D eigenvalue weighted by Gasteiger charge is 2.17. The van der Waals surface area contributed by atoms with Crippen LogP contribution in [0.3, 0.4) is 0 Å². The molecule has 0 aliphatic carbocycles. The van der Waals surface area contributed by atoms with Gasteiger partial charge in [-0.15, -0.1) is 0 Å². The Morgan fingerprint density at radius 3 is 2.44 bits per heavy atom. The van der Waals surface area contributed by atoms with E-state index in [2.05, 4.69) is 10.5 Å². The molecule has 0 fully saturated rings. The van der Waals surface area contributed by atoms with Gasteiger partial charge < -0.3 is 9.52 Å². The molecule has 3 rings (SSSR count). The normalized spacial score (nSPS) is 11.8. The predicted molar refractivity (Wildman–Crippen MR) is 101 cm³/mol.